The number of hydrogen-bond acceptors (Lipinski definition) is 4. The van der Waals surface area contributed by atoms with Gasteiger partial charge in [0, 0.05) is 44.8 Å². The monoisotopic (exact) mass is 286 g/mol. The van der Waals surface area contributed by atoms with Gasteiger partial charge in [-0.25, -0.2) is 0 Å². The molecule has 1 saturated heterocycles. The molecule has 0 saturated carbocycles. The molecule has 3 rings (SSSR count). The average Bonchev–Trinajstić information content (AvgIpc) is 3.03. The highest BCUT2D eigenvalue weighted by atomic mass is 16.5. The molecular weight excluding hydrogens is 264 g/mol. The summed E-state index contributed by atoms with van der Waals surface area (Å²) in [6.07, 6.45) is 3.58. The van der Waals surface area contributed by atoms with Crippen molar-refractivity contribution in [2.45, 2.75) is 6.54 Å². The van der Waals surface area contributed by atoms with E-state index in [-0.39, 0.29) is 0 Å². The van der Waals surface area contributed by atoms with Gasteiger partial charge in [0.25, 0.3) is 0 Å². The molecule has 1 aliphatic heterocycles. The molecule has 1 fully saturated rings. The van der Waals surface area contributed by atoms with Crippen LogP contribution in [0, 0.1) is 0 Å². The molecule has 0 aliphatic carbocycles. The maximum atomic E-state index is 5.75. The fourth-order valence-corrected chi connectivity index (χ4v) is 2.62. The number of furan rings is 1. The van der Waals surface area contributed by atoms with Crippen LogP contribution in [0.25, 0.3) is 0 Å². The molecule has 0 amide bonds. The largest absolute Gasteiger partial charge is 0.492 e. The Morgan fingerprint density at radius 2 is 1.71 bits per heavy atom. The van der Waals surface area contributed by atoms with Gasteiger partial charge >= 0.3 is 0 Å². The summed E-state index contributed by atoms with van der Waals surface area (Å²) in [5, 5.41) is 0. The molecule has 0 atom stereocenters. The van der Waals surface area contributed by atoms with Gasteiger partial charge in [0.2, 0.25) is 0 Å². The van der Waals surface area contributed by atoms with Gasteiger partial charge in [-0.1, -0.05) is 18.2 Å². The standard InChI is InChI=1S/C17H22N2O2/c1-2-4-17(5-3-1)21-13-11-18-7-9-19(10-8-18)14-16-6-12-20-15-16/h1-6,12,15H,7-11,13-14H2. The third-order valence-electron chi connectivity index (χ3n) is 3.87. The van der Waals surface area contributed by atoms with E-state index >= 15 is 0 Å². The second kappa shape index (κ2) is 7.29. The Hall–Kier alpha value is -1.78. The van der Waals surface area contributed by atoms with Crippen LogP contribution >= 0.6 is 0 Å². The predicted octanol–water partition coefficient (Wildman–Crippen LogP) is 2.48. The lowest BCUT2D eigenvalue weighted by Gasteiger charge is -2.34. The van der Waals surface area contributed by atoms with Crippen LogP contribution in [0.1, 0.15) is 5.56 Å². The number of benzene rings is 1. The number of para-hydroxylation sites is 1. The van der Waals surface area contributed by atoms with Gasteiger partial charge in [0.15, 0.2) is 0 Å². The zero-order valence-corrected chi connectivity index (χ0v) is 12.3. The first-order valence-corrected chi connectivity index (χ1v) is 7.54. The SMILES string of the molecule is c1ccc(OCCN2CCN(Cc3ccoc3)CC2)cc1. The molecule has 2 heterocycles. The molecule has 112 valence electrons. The van der Waals surface area contributed by atoms with E-state index < -0.39 is 0 Å². The fourth-order valence-electron chi connectivity index (χ4n) is 2.62. The lowest BCUT2D eigenvalue weighted by molar-refractivity contribution is 0.112. The molecule has 4 nitrogen and oxygen atoms in total. The molecule has 4 heteroatoms. The van der Waals surface area contributed by atoms with Gasteiger partial charge in [-0.2, -0.15) is 0 Å². The van der Waals surface area contributed by atoms with Crippen molar-refractivity contribution >= 4 is 0 Å². The van der Waals surface area contributed by atoms with Gasteiger partial charge in [-0.3, -0.25) is 9.80 Å². The Balaban J connectivity index is 1.34. The van der Waals surface area contributed by atoms with Crippen molar-refractivity contribution in [2.24, 2.45) is 0 Å². The first-order valence-electron chi connectivity index (χ1n) is 7.54. The van der Waals surface area contributed by atoms with Gasteiger partial charge in [-0.15, -0.1) is 0 Å². The van der Waals surface area contributed by atoms with E-state index in [9.17, 15) is 0 Å². The minimum atomic E-state index is 0.756. The van der Waals surface area contributed by atoms with Gasteiger partial charge in [-0.05, 0) is 18.2 Å². The van der Waals surface area contributed by atoms with Crippen molar-refractivity contribution in [1.29, 1.82) is 0 Å². The van der Waals surface area contributed by atoms with Crippen LogP contribution in [0.2, 0.25) is 0 Å². The number of hydrogen-bond donors (Lipinski definition) is 0. The number of ether oxygens (including phenoxy) is 1. The highest BCUT2D eigenvalue weighted by molar-refractivity contribution is 5.20. The zero-order valence-electron chi connectivity index (χ0n) is 12.3. The summed E-state index contributed by atoms with van der Waals surface area (Å²) in [6.45, 7) is 7.17. The normalized spacial score (nSPS) is 17.0. The molecule has 0 unspecified atom stereocenters. The maximum Gasteiger partial charge on any atom is 0.119 e. The van der Waals surface area contributed by atoms with Gasteiger partial charge in [0.1, 0.15) is 12.4 Å². The van der Waals surface area contributed by atoms with Crippen molar-refractivity contribution in [3.63, 3.8) is 0 Å². The lowest BCUT2D eigenvalue weighted by atomic mass is 10.2. The Bertz CT molecular complexity index is 505. The third kappa shape index (κ3) is 4.34. The van der Waals surface area contributed by atoms with Crippen LogP contribution in [0.5, 0.6) is 5.75 Å². The van der Waals surface area contributed by atoms with Crippen LogP contribution in [-0.2, 0) is 6.54 Å². The Morgan fingerprint density at radius 3 is 2.43 bits per heavy atom. The van der Waals surface area contributed by atoms with E-state index in [2.05, 4.69) is 9.80 Å². The van der Waals surface area contributed by atoms with Gasteiger partial charge < -0.3 is 9.15 Å². The number of rotatable bonds is 6. The summed E-state index contributed by atoms with van der Waals surface area (Å²) in [6, 6.07) is 12.1. The van der Waals surface area contributed by atoms with E-state index in [0.29, 0.717) is 0 Å². The highest BCUT2D eigenvalue weighted by Crippen LogP contribution is 2.10. The first kappa shape index (κ1) is 14.2. The van der Waals surface area contributed by atoms with E-state index in [1.807, 2.05) is 42.7 Å². The number of nitrogens with zero attached hydrogens (tertiary/aromatic N) is 2. The summed E-state index contributed by atoms with van der Waals surface area (Å²) < 4.78 is 10.9. The molecule has 0 bridgehead atoms. The van der Waals surface area contributed by atoms with Crippen molar-refractivity contribution in [3.05, 3.63) is 54.5 Å². The molecular formula is C17H22N2O2. The molecule has 0 radical (unpaired) electrons. The smallest absolute Gasteiger partial charge is 0.119 e. The van der Waals surface area contributed by atoms with E-state index in [4.69, 9.17) is 9.15 Å². The van der Waals surface area contributed by atoms with Crippen LogP contribution in [0.15, 0.2) is 53.3 Å². The van der Waals surface area contributed by atoms with Crippen molar-refractivity contribution < 1.29 is 9.15 Å². The summed E-state index contributed by atoms with van der Waals surface area (Å²) >= 11 is 0. The molecule has 0 N–H and O–H groups in total. The predicted molar refractivity (Wildman–Crippen MR) is 82.4 cm³/mol. The van der Waals surface area contributed by atoms with E-state index in [1.54, 1.807) is 6.26 Å². The van der Waals surface area contributed by atoms with E-state index in [1.165, 1.54) is 5.56 Å². The Labute approximate surface area is 125 Å². The molecule has 1 aromatic heterocycles. The topological polar surface area (TPSA) is 28.9 Å². The molecule has 1 aliphatic rings. The van der Waals surface area contributed by atoms with Crippen molar-refractivity contribution in [2.75, 3.05) is 39.3 Å². The Kier molecular flexibility index (Phi) is 4.92. The molecule has 2 aromatic rings. The Morgan fingerprint density at radius 1 is 0.952 bits per heavy atom. The van der Waals surface area contributed by atoms with Crippen LogP contribution in [0.4, 0.5) is 0 Å². The third-order valence-corrected chi connectivity index (χ3v) is 3.87. The van der Waals surface area contributed by atoms with Gasteiger partial charge in [0.05, 0.1) is 12.5 Å². The summed E-state index contributed by atoms with van der Waals surface area (Å²) in [7, 11) is 0. The quantitative estimate of drug-likeness (QED) is 0.816. The van der Waals surface area contributed by atoms with Crippen molar-refractivity contribution in [3.8, 4) is 5.75 Å². The summed E-state index contributed by atoms with van der Waals surface area (Å²) in [5.74, 6) is 0.955. The highest BCUT2D eigenvalue weighted by Gasteiger charge is 2.16. The molecule has 1 aromatic carbocycles. The summed E-state index contributed by atoms with van der Waals surface area (Å²) in [5.41, 5.74) is 1.26. The minimum Gasteiger partial charge on any atom is -0.492 e. The average molecular weight is 286 g/mol. The second-order valence-electron chi connectivity index (χ2n) is 5.41. The second-order valence-corrected chi connectivity index (χ2v) is 5.41. The van der Waals surface area contributed by atoms with E-state index in [0.717, 1.165) is 51.6 Å². The summed E-state index contributed by atoms with van der Waals surface area (Å²) in [4.78, 5) is 4.94. The lowest BCUT2D eigenvalue weighted by Crippen LogP contribution is -2.46. The van der Waals surface area contributed by atoms with Crippen molar-refractivity contribution in [1.82, 2.24) is 9.80 Å². The first-order chi connectivity index (χ1) is 10.4. The molecule has 21 heavy (non-hydrogen) atoms. The maximum absolute atomic E-state index is 5.75. The minimum absolute atomic E-state index is 0.756. The number of piperazine rings is 1. The van der Waals surface area contributed by atoms with Crippen LogP contribution in [0.3, 0.4) is 0 Å². The fraction of sp³-hybridized carbons (Fsp3) is 0.412. The van der Waals surface area contributed by atoms with Crippen LogP contribution < -0.4 is 4.74 Å². The zero-order chi connectivity index (χ0) is 14.3. The van der Waals surface area contributed by atoms with Crippen LogP contribution in [-0.4, -0.2) is 49.1 Å². The molecule has 0 spiro atoms.